The molecular formula is C14H20OS. The smallest absolute Gasteiger partial charge is 0.0642 e. The molecule has 1 aliphatic rings. The minimum absolute atomic E-state index is 0.184. The van der Waals surface area contributed by atoms with Gasteiger partial charge in [0.05, 0.1) is 6.10 Å². The fraction of sp³-hybridized carbons (Fsp3) is 0.571. The molecule has 0 fully saturated rings. The molecule has 3 unspecified atom stereocenters. The first-order valence-electron chi connectivity index (χ1n) is 6.13. The molecule has 0 amide bonds. The van der Waals surface area contributed by atoms with E-state index in [1.807, 2.05) is 11.8 Å². The van der Waals surface area contributed by atoms with Crippen molar-refractivity contribution in [2.45, 2.75) is 43.6 Å². The molecule has 0 radical (unpaired) electrons. The Hall–Kier alpha value is -0.470. The molecule has 0 saturated carbocycles. The summed E-state index contributed by atoms with van der Waals surface area (Å²) in [6, 6.07) is 8.49. The van der Waals surface area contributed by atoms with E-state index in [0.717, 1.165) is 18.6 Å². The molecule has 0 aromatic heterocycles. The van der Waals surface area contributed by atoms with Gasteiger partial charge in [-0.3, -0.25) is 0 Å². The van der Waals surface area contributed by atoms with Gasteiger partial charge in [0.2, 0.25) is 0 Å². The summed E-state index contributed by atoms with van der Waals surface area (Å²) >= 11 is 1.88. The van der Waals surface area contributed by atoms with E-state index < -0.39 is 0 Å². The molecule has 0 aliphatic carbocycles. The molecule has 1 aromatic carbocycles. The van der Waals surface area contributed by atoms with Crippen molar-refractivity contribution in [3.8, 4) is 0 Å². The third kappa shape index (κ3) is 2.28. The van der Waals surface area contributed by atoms with Crippen LogP contribution in [-0.2, 0) is 0 Å². The Morgan fingerprint density at radius 2 is 2.19 bits per heavy atom. The second-order valence-electron chi connectivity index (χ2n) is 4.71. The molecule has 1 aromatic rings. The lowest BCUT2D eigenvalue weighted by Crippen LogP contribution is -2.26. The quantitative estimate of drug-likeness (QED) is 0.860. The second-order valence-corrected chi connectivity index (χ2v) is 5.77. The molecule has 1 N–H and O–H groups in total. The van der Waals surface area contributed by atoms with Crippen molar-refractivity contribution < 1.29 is 5.11 Å². The van der Waals surface area contributed by atoms with Crippen LogP contribution < -0.4 is 0 Å². The summed E-state index contributed by atoms with van der Waals surface area (Å²) in [7, 11) is 0. The van der Waals surface area contributed by atoms with Crippen LogP contribution in [0, 0.1) is 5.92 Å². The van der Waals surface area contributed by atoms with E-state index in [-0.39, 0.29) is 6.10 Å². The predicted molar refractivity (Wildman–Crippen MR) is 70.0 cm³/mol. The molecule has 0 saturated heterocycles. The largest absolute Gasteiger partial charge is 0.392 e. The Bertz CT molecular complexity index is 350. The SMILES string of the molecule is CCCC(C)C(O)C1CSc2ccccc21. The molecule has 3 atom stereocenters. The molecule has 2 rings (SSSR count). The summed E-state index contributed by atoms with van der Waals surface area (Å²) in [5, 5.41) is 10.4. The zero-order valence-corrected chi connectivity index (χ0v) is 10.8. The number of fused-ring (bicyclic) bond motifs is 1. The van der Waals surface area contributed by atoms with Crippen molar-refractivity contribution >= 4 is 11.8 Å². The van der Waals surface area contributed by atoms with Crippen LogP contribution >= 0.6 is 11.8 Å². The normalized spacial score (nSPS) is 22.8. The highest BCUT2D eigenvalue weighted by Gasteiger charge is 2.31. The first kappa shape index (κ1) is 12.0. The topological polar surface area (TPSA) is 20.2 Å². The summed E-state index contributed by atoms with van der Waals surface area (Å²) in [5.41, 5.74) is 1.35. The van der Waals surface area contributed by atoms with Gasteiger partial charge in [-0.25, -0.2) is 0 Å². The summed E-state index contributed by atoms with van der Waals surface area (Å²) in [6.45, 7) is 4.35. The minimum Gasteiger partial charge on any atom is -0.392 e. The van der Waals surface area contributed by atoms with Gasteiger partial charge in [0.15, 0.2) is 0 Å². The van der Waals surface area contributed by atoms with Gasteiger partial charge >= 0.3 is 0 Å². The highest BCUT2D eigenvalue weighted by molar-refractivity contribution is 7.99. The fourth-order valence-corrected chi connectivity index (χ4v) is 3.79. The van der Waals surface area contributed by atoms with Crippen molar-refractivity contribution in [1.29, 1.82) is 0 Å². The first-order chi connectivity index (χ1) is 7.74. The van der Waals surface area contributed by atoms with Gasteiger partial charge < -0.3 is 5.11 Å². The third-order valence-corrected chi connectivity index (χ3v) is 4.68. The molecule has 0 spiro atoms. The van der Waals surface area contributed by atoms with Crippen LogP contribution in [0.5, 0.6) is 0 Å². The number of thioether (sulfide) groups is 1. The second kappa shape index (κ2) is 5.24. The standard InChI is InChI=1S/C14H20OS/c1-3-6-10(2)14(15)12-9-16-13-8-5-4-7-11(12)13/h4-5,7-8,10,12,14-15H,3,6,9H2,1-2H3. The highest BCUT2D eigenvalue weighted by atomic mass is 32.2. The Balaban J connectivity index is 2.12. The molecule has 0 bridgehead atoms. The molecule has 16 heavy (non-hydrogen) atoms. The maximum absolute atomic E-state index is 10.4. The molecule has 88 valence electrons. The van der Waals surface area contributed by atoms with E-state index in [0.29, 0.717) is 11.8 Å². The first-order valence-corrected chi connectivity index (χ1v) is 7.12. The lowest BCUT2D eigenvalue weighted by molar-refractivity contribution is 0.0908. The van der Waals surface area contributed by atoms with E-state index in [4.69, 9.17) is 0 Å². The molecule has 1 aliphatic heterocycles. The number of hydrogen-bond donors (Lipinski definition) is 1. The van der Waals surface area contributed by atoms with Crippen LogP contribution in [0.3, 0.4) is 0 Å². The van der Waals surface area contributed by atoms with Crippen LogP contribution in [-0.4, -0.2) is 17.0 Å². The van der Waals surface area contributed by atoms with Crippen LogP contribution in [0.25, 0.3) is 0 Å². The Kier molecular flexibility index (Phi) is 3.93. The lowest BCUT2D eigenvalue weighted by atomic mass is 9.86. The van der Waals surface area contributed by atoms with Crippen molar-refractivity contribution in [2.24, 2.45) is 5.92 Å². The third-order valence-electron chi connectivity index (χ3n) is 3.48. The monoisotopic (exact) mass is 236 g/mol. The van der Waals surface area contributed by atoms with Crippen molar-refractivity contribution in [2.75, 3.05) is 5.75 Å². The van der Waals surface area contributed by atoms with E-state index in [1.54, 1.807) is 0 Å². The summed E-state index contributed by atoms with van der Waals surface area (Å²) in [5.74, 6) is 1.78. The van der Waals surface area contributed by atoms with E-state index >= 15 is 0 Å². The number of rotatable bonds is 4. The van der Waals surface area contributed by atoms with Gasteiger partial charge in [-0.15, -0.1) is 11.8 Å². The van der Waals surface area contributed by atoms with Crippen LogP contribution in [0.1, 0.15) is 38.2 Å². The summed E-state index contributed by atoms with van der Waals surface area (Å²) < 4.78 is 0. The lowest BCUT2D eigenvalue weighted by Gasteiger charge is -2.24. The van der Waals surface area contributed by atoms with Gasteiger partial charge in [0, 0.05) is 16.6 Å². The number of hydrogen-bond acceptors (Lipinski definition) is 2. The van der Waals surface area contributed by atoms with Crippen molar-refractivity contribution in [3.05, 3.63) is 29.8 Å². The van der Waals surface area contributed by atoms with E-state index in [9.17, 15) is 5.11 Å². The van der Waals surface area contributed by atoms with Crippen LogP contribution in [0.15, 0.2) is 29.2 Å². The van der Waals surface area contributed by atoms with Crippen LogP contribution in [0.4, 0.5) is 0 Å². The van der Waals surface area contributed by atoms with Crippen molar-refractivity contribution in [1.82, 2.24) is 0 Å². The van der Waals surface area contributed by atoms with Crippen LogP contribution in [0.2, 0.25) is 0 Å². The minimum atomic E-state index is -0.184. The maximum atomic E-state index is 10.4. The van der Waals surface area contributed by atoms with Gasteiger partial charge in [0.25, 0.3) is 0 Å². The zero-order valence-electron chi connectivity index (χ0n) is 10.0. The number of aliphatic hydroxyl groups is 1. The highest BCUT2D eigenvalue weighted by Crippen LogP contribution is 2.42. The Morgan fingerprint density at radius 1 is 1.44 bits per heavy atom. The van der Waals surface area contributed by atoms with Gasteiger partial charge in [-0.2, -0.15) is 0 Å². The average Bonchev–Trinajstić information content (AvgIpc) is 2.72. The van der Waals surface area contributed by atoms with E-state index in [2.05, 4.69) is 38.1 Å². The van der Waals surface area contributed by atoms with Gasteiger partial charge in [-0.05, 0) is 24.0 Å². The molecular weight excluding hydrogens is 216 g/mol. The Morgan fingerprint density at radius 3 is 2.94 bits per heavy atom. The molecule has 1 nitrogen and oxygen atoms in total. The van der Waals surface area contributed by atoms with E-state index in [1.165, 1.54) is 10.5 Å². The fourth-order valence-electron chi connectivity index (χ4n) is 2.49. The van der Waals surface area contributed by atoms with Gasteiger partial charge in [-0.1, -0.05) is 38.5 Å². The van der Waals surface area contributed by atoms with Crippen molar-refractivity contribution in [3.63, 3.8) is 0 Å². The number of benzene rings is 1. The zero-order chi connectivity index (χ0) is 11.5. The Labute approximate surface area is 102 Å². The predicted octanol–water partition coefficient (Wildman–Crippen LogP) is 3.67. The summed E-state index contributed by atoms with van der Waals surface area (Å²) in [6.07, 6.45) is 2.08. The summed E-state index contributed by atoms with van der Waals surface area (Å²) in [4.78, 5) is 1.36. The maximum Gasteiger partial charge on any atom is 0.0642 e. The average molecular weight is 236 g/mol. The molecule has 2 heteroatoms. The van der Waals surface area contributed by atoms with Gasteiger partial charge in [0.1, 0.15) is 0 Å². The number of aliphatic hydroxyl groups excluding tert-OH is 1. The molecule has 1 heterocycles.